The summed E-state index contributed by atoms with van der Waals surface area (Å²) >= 11 is 0. The predicted octanol–water partition coefficient (Wildman–Crippen LogP) is -0.506. The molecule has 2 rings (SSSR count). The molecule has 1 fully saturated rings. The number of nitrogens with zero attached hydrogens (tertiary/aromatic N) is 1. The first kappa shape index (κ1) is 8.01. The Morgan fingerprint density at radius 3 is 3.08 bits per heavy atom. The van der Waals surface area contributed by atoms with E-state index in [1.165, 1.54) is 6.40 Å². The molecule has 2 heterocycles. The van der Waals surface area contributed by atoms with Gasteiger partial charge in [-0.05, 0) is 19.9 Å². The second-order valence-electron chi connectivity index (χ2n) is 3.92. The summed E-state index contributed by atoms with van der Waals surface area (Å²) in [5.41, 5.74) is 5.71. The number of hydrogen-bond acceptors (Lipinski definition) is 4. The fourth-order valence-electron chi connectivity index (χ4n) is 1.89. The molecule has 2 unspecified atom stereocenters. The summed E-state index contributed by atoms with van der Waals surface area (Å²) < 4.78 is 5.17. The van der Waals surface area contributed by atoms with Gasteiger partial charge in [-0.15, -0.1) is 0 Å². The van der Waals surface area contributed by atoms with Crippen molar-refractivity contribution in [1.29, 1.82) is 0 Å². The Morgan fingerprint density at radius 1 is 1.67 bits per heavy atom. The maximum atomic E-state index is 6.16. The first-order chi connectivity index (χ1) is 5.66. The standard InChI is InChI=1S/C8H15N3O/c1-7(9)4-10-3-2-8(7)5-12-6-11-8/h6,10H,2-5,9H2,1H3. The number of piperidine rings is 1. The predicted molar refractivity (Wildman–Crippen MR) is 47.3 cm³/mol. The average Bonchev–Trinajstić information content (AvgIpc) is 2.46. The zero-order chi connectivity index (χ0) is 8.66. The van der Waals surface area contributed by atoms with Gasteiger partial charge in [-0.3, -0.25) is 0 Å². The van der Waals surface area contributed by atoms with E-state index in [2.05, 4.69) is 10.3 Å². The number of aliphatic imine (C=N–C) groups is 1. The van der Waals surface area contributed by atoms with Crippen LogP contribution in [-0.4, -0.2) is 37.2 Å². The largest absolute Gasteiger partial charge is 0.481 e. The van der Waals surface area contributed by atoms with Gasteiger partial charge in [0.15, 0.2) is 6.40 Å². The number of nitrogens with one attached hydrogen (secondary N) is 1. The topological polar surface area (TPSA) is 59.6 Å². The number of nitrogens with two attached hydrogens (primary N) is 1. The van der Waals surface area contributed by atoms with Crippen LogP contribution in [0.1, 0.15) is 13.3 Å². The summed E-state index contributed by atoms with van der Waals surface area (Å²) in [6, 6.07) is 0. The molecule has 0 aliphatic carbocycles. The van der Waals surface area contributed by atoms with E-state index >= 15 is 0 Å². The molecule has 4 nitrogen and oxygen atoms in total. The molecule has 0 aromatic rings. The van der Waals surface area contributed by atoms with E-state index in [1.807, 2.05) is 6.92 Å². The van der Waals surface area contributed by atoms with Crippen LogP contribution in [0.3, 0.4) is 0 Å². The van der Waals surface area contributed by atoms with Crippen LogP contribution in [0.5, 0.6) is 0 Å². The summed E-state index contributed by atoms with van der Waals surface area (Å²) in [6.45, 7) is 4.47. The highest BCUT2D eigenvalue weighted by Crippen LogP contribution is 2.32. The average molecular weight is 169 g/mol. The minimum atomic E-state index is -0.280. The lowest BCUT2D eigenvalue weighted by molar-refractivity contribution is 0.137. The molecule has 3 N–H and O–H groups in total. The fourth-order valence-corrected chi connectivity index (χ4v) is 1.89. The minimum Gasteiger partial charge on any atom is -0.481 e. The van der Waals surface area contributed by atoms with Gasteiger partial charge in [0, 0.05) is 6.54 Å². The van der Waals surface area contributed by atoms with E-state index in [1.54, 1.807) is 0 Å². The van der Waals surface area contributed by atoms with E-state index < -0.39 is 0 Å². The highest BCUT2D eigenvalue weighted by molar-refractivity contribution is 5.51. The van der Waals surface area contributed by atoms with E-state index in [0.29, 0.717) is 6.61 Å². The molecule has 0 amide bonds. The molecule has 2 atom stereocenters. The van der Waals surface area contributed by atoms with E-state index in [9.17, 15) is 0 Å². The van der Waals surface area contributed by atoms with Crippen molar-refractivity contribution in [3.8, 4) is 0 Å². The SMILES string of the molecule is CC1(N)CNCCC12COC=N2. The smallest absolute Gasteiger partial charge is 0.170 e. The van der Waals surface area contributed by atoms with Crippen LogP contribution in [0.25, 0.3) is 0 Å². The van der Waals surface area contributed by atoms with Crippen LogP contribution in [0.2, 0.25) is 0 Å². The zero-order valence-electron chi connectivity index (χ0n) is 7.34. The maximum Gasteiger partial charge on any atom is 0.170 e. The molecular formula is C8H15N3O. The highest BCUT2D eigenvalue weighted by atomic mass is 16.5. The third-order valence-electron chi connectivity index (χ3n) is 2.97. The zero-order valence-corrected chi connectivity index (χ0v) is 7.34. The highest BCUT2D eigenvalue weighted by Gasteiger charge is 2.49. The number of rotatable bonds is 0. The first-order valence-electron chi connectivity index (χ1n) is 4.31. The summed E-state index contributed by atoms with van der Waals surface area (Å²) in [5, 5.41) is 3.27. The molecule has 1 spiro atoms. The van der Waals surface area contributed by atoms with Gasteiger partial charge in [0.25, 0.3) is 0 Å². The van der Waals surface area contributed by atoms with Crippen molar-refractivity contribution >= 4 is 6.40 Å². The van der Waals surface area contributed by atoms with Crippen molar-refractivity contribution in [2.24, 2.45) is 10.7 Å². The fraction of sp³-hybridized carbons (Fsp3) is 0.875. The van der Waals surface area contributed by atoms with Crippen molar-refractivity contribution < 1.29 is 4.74 Å². The van der Waals surface area contributed by atoms with Crippen molar-refractivity contribution in [2.75, 3.05) is 19.7 Å². The van der Waals surface area contributed by atoms with Crippen molar-refractivity contribution in [1.82, 2.24) is 5.32 Å². The van der Waals surface area contributed by atoms with Gasteiger partial charge in [-0.1, -0.05) is 0 Å². The normalized spacial score (nSPS) is 46.5. The van der Waals surface area contributed by atoms with E-state index in [-0.39, 0.29) is 11.1 Å². The summed E-state index contributed by atoms with van der Waals surface area (Å²) in [6.07, 6.45) is 2.51. The lowest BCUT2D eigenvalue weighted by Crippen LogP contribution is -2.67. The van der Waals surface area contributed by atoms with Gasteiger partial charge in [-0.25, -0.2) is 4.99 Å². The Morgan fingerprint density at radius 2 is 2.50 bits per heavy atom. The van der Waals surface area contributed by atoms with Gasteiger partial charge in [0.1, 0.15) is 12.1 Å². The monoisotopic (exact) mass is 169 g/mol. The van der Waals surface area contributed by atoms with Gasteiger partial charge < -0.3 is 15.8 Å². The van der Waals surface area contributed by atoms with Crippen LogP contribution in [0.4, 0.5) is 0 Å². The van der Waals surface area contributed by atoms with Gasteiger partial charge >= 0.3 is 0 Å². The van der Waals surface area contributed by atoms with Crippen LogP contribution in [-0.2, 0) is 4.74 Å². The molecular weight excluding hydrogens is 154 g/mol. The van der Waals surface area contributed by atoms with Crippen molar-refractivity contribution in [3.05, 3.63) is 0 Å². The lowest BCUT2D eigenvalue weighted by Gasteiger charge is -2.44. The Kier molecular flexibility index (Phi) is 1.63. The second kappa shape index (κ2) is 2.44. The summed E-state index contributed by atoms with van der Waals surface area (Å²) in [4.78, 5) is 4.37. The van der Waals surface area contributed by atoms with Crippen LogP contribution in [0.15, 0.2) is 4.99 Å². The Labute approximate surface area is 72.2 Å². The third-order valence-corrected chi connectivity index (χ3v) is 2.97. The summed E-state index contributed by atoms with van der Waals surface area (Å²) in [7, 11) is 0. The second-order valence-corrected chi connectivity index (χ2v) is 3.92. The maximum absolute atomic E-state index is 6.16. The summed E-state index contributed by atoms with van der Waals surface area (Å²) in [5.74, 6) is 0. The molecule has 2 aliphatic heterocycles. The molecule has 12 heavy (non-hydrogen) atoms. The van der Waals surface area contributed by atoms with Gasteiger partial charge in [-0.2, -0.15) is 0 Å². The lowest BCUT2D eigenvalue weighted by atomic mass is 9.75. The van der Waals surface area contributed by atoms with Crippen LogP contribution < -0.4 is 11.1 Å². The molecule has 4 heteroatoms. The molecule has 0 bridgehead atoms. The van der Waals surface area contributed by atoms with E-state index in [4.69, 9.17) is 10.5 Å². The molecule has 1 saturated heterocycles. The van der Waals surface area contributed by atoms with Gasteiger partial charge in [0.05, 0.1) is 5.54 Å². The van der Waals surface area contributed by atoms with E-state index in [0.717, 1.165) is 19.5 Å². The Balaban J connectivity index is 2.26. The van der Waals surface area contributed by atoms with Crippen LogP contribution >= 0.6 is 0 Å². The molecule has 2 aliphatic rings. The third kappa shape index (κ3) is 0.949. The molecule has 68 valence electrons. The number of ether oxygens (including phenoxy) is 1. The first-order valence-corrected chi connectivity index (χ1v) is 4.31. The molecule has 0 aromatic carbocycles. The van der Waals surface area contributed by atoms with Gasteiger partial charge in [0.2, 0.25) is 0 Å². The minimum absolute atomic E-state index is 0.168. The molecule has 0 saturated carbocycles. The van der Waals surface area contributed by atoms with Crippen molar-refractivity contribution in [2.45, 2.75) is 24.4 Å². The number of hydrogen-bond donors (Lipinski definition) is 2. The Hall–Kier alpha value is -0.610. The van der Waals surface area contributed by atoms with Crippen LogP contribution in [0, 0.1) is 0 Å². The Bertz CT molecular complexity index is 214. The molecule has 0 aromatic heterocycles. The molecule has 0 radical (unpaired) electrons. The quantitative estimate of drug-likeness (QED) is 0.513. The van der Waals surface area contributed by atoms with Crippen molar-refractivity contribution in [3.63, 3.8) is 0 Å².